The van der Waals surface area contributed by atoms with Crippen molar-refractivity contribution in [2.24, 2.45) is 0 Å². The number of hydrogen-bond acceptors (Lipinski definition) is 5. The molecule has 0 unspecified atom stereocenters. The van der Waals surface area contributed by atoms with Gasteiger partial charge in [-0.3, -0.25) is 9.59 Å². The minimum atomic E-state index is -0.590. The molecule has 0 aliphatic rings. The predicted octanol–water partition coefficient (Wildman–Crippen LogP) is 2.85. The molecule has 0 bridgehead atoms. The number of esters is 1. The molecule has 1 aromatic heterocycles. The van der Waals surface area contributed by atoms with Gasteiger partial charge in [-0.1, -0.05) is 18.2 Å². The molecule has 0 saturated carbocycles. The van der Waals surface area contributed by atoms with Crippen LogP contribution in [0.2, 0.25) is 0 Å². The molecule has 0 aliphatic carbocycles. The Morgan fingerprint density at radius 2 is 1.77 bits per heavy atom. The number of fused-ring (bicyclic) bond motifs is 1. The van der Waals surface area contributed by atoms with Crippen molar-refractivity contribution in [3.8, 4) is 5.75 Å². The summed E-state index contributed by atoms with van der Waals surface area (Å²) in [7, 11) is 0. The number of carbonyl (C=O) groups is 2. The van der Waals surface area contributed by atoms with E-state index in [9.17, 15) is 14.4 Å². The fraction of sp³-hybridized carbons (Fsp3) is 0.150. The van der Waals surface area contributed by atoms with Crippen LogP contribution in [-0.4, -0.2) is 23.3 Å². The van der Waals surface area contributed by atoms with Gasteiger partial charge in [0.15, 0.2) is 12.4 Å². The van der Waals surface area contributed by atoms with Crippen molar-refractivity contribution in [1.82, 2.24) is 4.98 Å². The summed E-state index contributed by atoms with van der Waals surface area (Å²) in [4.78, 5) is 37.8. The first kappa shape index (κ1) is 17.4. The molecule has 2 aromatic carbocycles. The van der Waals surface area contributed by atoms with Crippen LogP contribution < -0.4 is 10.3 Å². The molecule has 6 heteroatoms. The van der Waals surface area contributed by atoms with Crippen molar-refractivity contribution >= 4 is 22.7 Å². The van der Waals surface area contributed by atoms with E-state index in [1.54, 1.807) is 36.4 Å². The number of Topliss-reactive ketones (excluding diaryl/α,β-unsaturated/α-hetero) is 1. The Morgan fingerprint density at radius 1 is 1.04 bits per heavy atom. The van der Waals surface area contributed by atoms with Crippen LogP contribution in [0, 0.1) is 0 Å². The van der Waals surface area contributed by atoms with Crippen LogP contribution in [0.15, 0.2) is 59.4 Å². The van der Waals surface area contributed by atoms with Gasteiger partial charge in [-0.25, -0.2) is 4.79 Å². The lowest BCUT2D eigenvalue weighted by molar-refractivity contribution is -0.147. The van der Waals surface area contributed by atoms with Gasteiger partial charge in [-0.05, 0) is 48.7 Å². The quantitative estimate of drug-likeness (QED) is 0.545. The van der Waals surface area contributed by atoms with Gasteiger partial charge in [0.25, 0.3) is 5.56 Å². The van der Waals surface area contributed by atoms with Crippen molar-refractivity contribution in [3.63, 3.8) is 0 Å². The van der Waals surface area contributed by atoms with Gasteiger partial charge in [0, 0.05) is 11.1 Å². The maximum absolute atomic E-state index is 12.0. The van der Waals surface area contributed by atoms with E-state index in [4.69, 9.17) is 9.47 Å². The molecule has 0 saturated heterocycles. The van der Waals surface area contributed by atoms with Crippen LogP contribution in [0.1, 0.15) is 22.8 Å². The molecule has 1 heterocycles. The Kier molecular flexibility index (Phi) is 5.12. The van der Waals surface area contributed by atoms with Crippen LogP contribution in [0.4, 0.5) is 0 Å². The molecule has 132 valence electrons. The number of nitrogens with one attached hydrogen (secondary N) is 1. The monoisotopic (exact) mass is 351 g/mol. The first-order chi connectivity index (χ1) is 12.5. The molecule has 3 aromatic rings. The third kappa shape index (κ3) is 4.16. The number of ether oxygens (including phenoxy) is 2. The molecule has 0 amide bonds. The number of benzene rings is 2. The van der Waals surface area contributed by atoms with Gasteiger partial charge in [0.2, 0.25) is 0 Å². The average molecular weight is 351 g/mol. The van der Waals surface area contributed by atoms with E-state index in [1.165, 1.54) is 6.92 Å². The Bertz CT molecular complexity index is 1000. The van der Waals surface area contributed by atoms with E-state index >= 15 is 0 Å². The zero-order valence-corrected chi connectivity index (χ0v) is 14.2. The predicted molar refractivity (Wildman–Crippen MR) is 96.3 cm³/mol. The Hall–Kier alpha value is -3.41. The maximum atomic E-state index is 12.0. The number of hydrogen-bond donors (Lipinski definition) is 1. The van der Waals surface area contributed by atoms with Crippen molar-refractivity contribution in [1.29, 1.82) is 0 Å². The van der Waals surface area contributed by atoms with Gasteiger partial charge < -0.3 is 14.5 Å². The molecule has 0 spiro atoms. The summed E-state index contributed by atoms with van der Waals surface area (Å²) in [6.45, 7) is 1.05. The first-order valence-electron chi connectivity index (χ1n) is 8.03. The highest BCUT2D eigenvalue weighted by atomic mass is 16.6. The highest BCUT2D eigenvalue weighted by Gasteiger charge is 2.09. The second-order valence-electron chi connectivity index (χ2n) is 5.74. The highest BCUT2D eigenvalue weighted by Crippen LogP contribution is 2.13. The average Bonchev–Trinajstić information content (AvgIpc) is 2.65. The van der Waals surface area contributed by atoms with Gasteiger partial charge >= 0.3 is 5.97 Å². The van der Waals surface area contributed by atoms with Crippen molar-refractivity contribution in [3.05, 3.63) is 76.1 Å². The lowest BCUT2D eigenvalue weighted by atomic mass is 10.1. The number of aromatic nitrogens is 1. The molecule has 26 heavy (non-hydrogen) atoms. The molecule has 0 radical (unpaired) electrons. The van der Waals surface area contributed by atoms with Gasteiger partial charge in [-0.2, -0.15) is 0 Å². The summed E-state index contributed by atoms with van der Waals surface area (Å²) in [5.41, 5.74) is 1.36. The van der Waals surface area contributed by atoms with Gasteiger partial charge in [0.1, 0.15) is 12.4 Å². The van der Waals surface area contributed by atoms with Gasteiger partial charge in [-0.15, -0.1) is 0 Å². The molecule has 6 nitrogen and oxygen atoms in total. The lowest BCUT2D eigenvalue weighted by Gasteiger charge is -2.08. The number of aromatic amines is 1. The molecule has 1 N–H and O–H groups in total. The summed E-state index contributed by atoms with van der Waals surface area (Å²) in [5, 5.41) is 0.861. The third-order valence-corrected chi connectivity index (χ3v) is 3.84. The van der Waals surface area contributed by atoms with E-state index in [1.807, 2.05) is 18.2 Å². The SMILES string of the molecule is CC(=O)c1ccc(OCC(=O)OCc2cc3ccccc3[nH]c2=O)cc1. The zero-order valence-electron chi connectivity index (χ0n) is 14.2. The molecule has 0 fully saturated rings. The Labute approximate surface area is 149 Å². The Morgan fingerprint density at radius 3 is 2.50 bits per heavy atom. The maximum Gasteiger partial charge on any atom is 0.344 e. The molecule has 3 rings (SSSR count). The zero-order chi connectivity index (χ0) is 18.5. The number of H-pyrrole nitrogens is 1. The van der Waals surface area contributed by atoms with E-state index < -0.39 is 5.97 Å². The number of para-hydroxylation sites is 1. The molecule has 0 atom stereocenters. The van der Waals surface area contributed by atoms with E-state index in [-0.39, 0.29) is 24.6 Å². The molecule has 0 aliphatic heterocycles. The standard InChI is InChI=1S/C20H17NO5/c1-13(22)14-6-8-17(9-7-14)25-12-19(23)26-11-16-10-15-4-2-3-5-18(15)21-20(16)24/h2-10H,11-12H2,1H3,(H,21,24). The van der Waals surface area contributed by atoms with E-state index in [0.717, 1.165) is 10.9 Å². The lowest BCUT2D eigenvalue weighted by Crippen LogP contribution is -2.19. The fourth-order valence-corrected chi connectivity index (χ4v) is 2.43. The summed E-state index contributed by atoms with van der Waals surface area (Å²) < 4.78 is 10.4. The minimum Gasteiger partial charge on any atom is -0.482 e. The number of carbonyl (C=O) groups excluding carboxylic acids is 2. The number of pyridine rings is 1. The third-order valence-electron chi connectivity index (χ3n) is 3.84. The number of ketones is 1. The largest absolute Gasteiger partial charge is 0.482 e. The second kappa shape index (κ2) is 7.65. The van der Waals surface area contributed by atoms with E-state index in [0.29, 0.717) is 16.9 Å². The highest BCUT2D eigenvalue weighted by molar-refractivity contribution is 5.94. The first-order valence-corrected chi connectivity index (χ1v) is 8.03. The molecular weight excluding hydrogens is 334 g/mol. The van der Waals surface area contributed by atoms with Crippen LogP contribution in [0.5, 0.6) is 5.75 Å². The second-order valence-corrected chi connectivity index (χ2v) is 5.74. The van der Waals surface area contributed by atoms with Crippen LogP contribution in [0.3, 0.4) is 0 Å². The smallest absolute Gasteiger partial charge is 0.344 e. The fourth-order valence-electron chi connectivity index (χ4n) is 2.43. The van der Waals surface area contributed by atoms with Crippen molar-refractivity contribution in [2.75, 3.05) is 6.61 Å². The van der Waals surface area contributed by atoms with Crippen LogP contribution in [-0.2, 0) is 16.1 Å². The van der Waals surface area contributed by atoms with Crippen LogP contribution >= 0.6 is 0 Å². The van der Waals surface area contributed by atoms with E-state index in [2.05, 4.69) is 4.98 Å². The minimum absolute atomic E-state index is 0.0448. The summed E-state index contributed by atoms with van der Waals surface area (Å²) >= 11 is 0. The van der Waals surface area contributed by atoms with Crippen molar-refractivity contribution < 1.29 is 19.1 Å². The summed E-state index contributed by atoms with van der Waals surface area (Å²) in [5.74, 6) is -0.180. The van der Waals surface area contributed by atoms with Crippen molar-refractivity contribution in [2.45, 2.75) is 13.5 Å². The summed E-state index contributed by atoms with van der Waals surface area (Å²) in [6, 6.07) is 15.5. The Balaban J connectivity index is 1.56. The van der Waals surface area contributed by atoms with Crippen LogP contribution in [0.25, 0.3) is 10.9 Å². The number of rotatable bonds is 6. The summed E-state index contributed by atoms with van der Waals surface area (Å²) in [6.07, 6.45) is 0. The van der Waals surface area contributed by atoms with Gasteiger partial charge in [0.05, 0.1) is 5.56 Å². The normalized spacial score (nSPS) is 10.5. The topological polar surface area (TPSA) is 85.5 Å². The molecular formula is C20H17NO5.